The SMILES string of the molecule is CCNC(=O)C(C)(C)CNC(=NC)NCCc1ccc(Cl)nc1. The Morgan fingerprint density at radius 3 is 2.61 bits per heavy atom. The van der Waals surface area contributed by atoms with E-state index in [0.717, 1.165) is 12.0 Å². The number of halogens is 1. The lowest BCUT2D eigenvalue weighted by molar-refractivity contribution is -0.128. The Kier molecular flexibility index (Phi) is 7.81. The van der Waals surface area contributed by atoms with Crippen LogP contribution in [-0.2, 0) is 11.2 Å². The quantitative estimate of drug-likeness (QED) is 0.400. The maximum Gasteiger partial charge on any atom is 0.227 e. The molecule has 23 heavy (non-hydrogen) atoms. The Labute approximate surface area is 143 Å². The predicted molar refractivity (Wildman–Crippen MR) is 94.8 cm³/mol. The lowest BCUT2D eigenvalue weighted by Gasteiger charge is -2.24. The van der Waals surface area contributed by atoms with Gasteiger partial charge in [0.15, 0.2) is 5.96 Å². The first-order valence-electron chi connectivity index (χ1n) is 7.72. The van der Waals surface area contributed by atoms with Crippen LogP contribution in [0.25, 0.3) is 0 Å². The van der Waals surface area contributed by atoms with Crippen LogP contribution >= 0.6 is 11.6 Å². The number of carbonyl (C=O) groups is 1. The highest BCUT2D eigenvalue weighted by Gasteiger charge is 2.27. The van der Waals surface area contributed by atoms with E-state index in [9.17, 15) is 4.79 Å². The van der Waals surface area contributed by atoms with Crippen molar-refractivity contribution < 1.29 is 4.79 Å². The molecule has 0 saturated heterocycles. The summed E-state index contributed by atoms with van der Waals surface area (Å²) in [6, 6.07) is 3.73. The molecule has 1 heterocycles. The summed E-state index contributed by atoms with van der Waals surface area (Å²) < 4.78 is 0. The van der Waals surface area contributed by atoms with Crippen molar-refractivity contribution >= 4 is 23.5 Å². The van der Waals surface area contributed by atoms with Crippen LogP contribution < -0.4 is 16.0 Å². The number of nitrogens with zero attached hydrogens (tertiary/aromatic N) is 2. The first-order valence-corrected chi connectivity index (χ1v) is 8.10. The van der Waals surface area contributed by atoms with Gasteiger partial charge >= 0.3 is 0 Å². The fourth-order valence-electron chi connectivity index (χ4n) is 1.88. The van der Waals surface area contributed by atoms with Crippen LogP contribution in [0.15, 0.2) is 23.3 Å². The molecule has 7 heteroatoms. The first kappa shape index (κ1) is 19.2. The molecule has 0 atom stereocenters. The molecule has 0 unspecified atom stereocenters. The monoisotopic (exact) mass is 339 g/mol. The van der Waals surface area contributed by atoms with Crippen LogP contribution in [0.1, 0.15) is 26.3 Å². The van der Waals surface area contributed by atoms with Gasteiger partial charge in [-0.3, -0.25) is 9.79 Å². The van der Waals surface area contributed by atoms with E-state index in [1.54, 1.807) is 19.3 Å². The second kappa shape index (κ2) is 9.35. The highest BCUT2D eigenvalue weighted by Crippen LogP contribution is 2.13. The van der Waals surface area contributed by atoms with Gasteiger partial charge in [0.2, 0.25) is 5.91 Å². The molecule has 6 nitrogen and oxygen atoms in total. The van der Waals surface area contributed by atoms with Gasteiger partial charge in [-0.05, 0) is 38.8 Å². The third kappa shape index (κ3) is 6.86. The molecule has 0 aliphatic rings. The van der Waals surface area contributed by atoms with Gasteiger partial charge in [-0.1, -0.05) is 17.7 Å². The van der Waals surface area contributed by atoms with Crippen LogP contribution in [-0.4, -0.2) is 43.5 Å². The molecule has 0 saturated carbocycles. The summed E-state index contributed by atoms with van der Waals surface area (Å²) in [5.74, 6) is 0.694. The number of carbonyl (C=O) groups excluding carboxylic acids is 1. The number of hydrogen-bond acceptors (Lipinski definition) is 3. The second-order valence-corrected chi connectivity index (χ2v) is 6.22. The average Bonchev–Trinajstić information content (AvgIpc) is 2.52. The van der Waals surface area contributed by atoms with E-state index in [4.69, 9.17) is 11.6 Å². The molecular formula is C16H26ClN5O. The molecule has 1 amide bonds. The molecule has 0 aromatic carbocycles. The average molecular weight is 340 g/mol. The summed E-state index contributed by atoms with van der Waals surface area (Å²) in [5, 5.41) is 9.74. The maximum absolute atomic E-state index is 12.0. The van der Waals surface area contributed by atoms with Crippen LogP contribution in [0, 0.1) is 5.41 Å². The molecule has 3 N–H and O–H groups in total. The Morgan fingerprint density at radius 2 is 2.04 bits per heavy atom. The number of hydrogen-bond donors (Lipinski definition) is 3. The van der Waals surface area contributed by atoms with Crippen molar-refractivity contribution in [2.45, 2.75) is 27.2 Å². The largest absolute Gasteiger partial charge is 0.356 e. The van der Waals surface area contributed by atoms with Crippen molar-refractivity contribution in [3.8, 4) is 0 Å². The first-order chi connectivity index (χ1) is 10.9. The number of amides is 1. The Bertz CT molecular complexity index is 528. The van der Waals surface area contributed by atoms with Crippen molar-refractivity contribution in [2.24, 2.45) is 10.4 Å². The van der Waals surface area contributed by atoms with Gasteiger partial charge in [0, 0.05) is 32.9 Å². The molecular weight excluding hydrogens is 314 g/mol. The van der Waals surface area contributed by atoms with Crippen LogP contribution in [0.4, 0.5) is 0 Å². The predicted octanol–water partition coefficient (Wildman–Crippen LogP) is 1.60. The number of pyridine rings is 1. The molecule has 0 fully saturated rings. The molecule has 1 rings (SSSR count). The van der Waals surface area contributed by atoms with E-state index in [0.29, 0.717) is 30.7 Å². The van der Waals surface area contributed by atoms with Crippen LogP contribution in [0.5, 0.6) is 0 Å². The summed E-state index contributed by atoms with van der Waals surface area (Å²) in [6.07, 6.45) is 2.57. The smallest absolute Gasteiger partial charge is 0.227 e. The van der Waals surface area contributed by atoms with Gasteiger partial charge in [0.1, 0.15) is 5.15 Å². The molecule has 0 radical (unpaired) electrons. The van der Waals surface area contributed by atoms with Crippen LogP contribution in [0.2, 0.25) is 5.15 Å². The number of aliphatic imine (C=N–C) groups is 1. The minimum Gasteiger partial charge on any atom is -0.356 e. The third-order valence-electron chi connectivity index (χ3n) is 3.37. The highest BCUT2D eigenvalue weighted by atomic mass is 35.5. The molecule has 1 aromatic rings. The zero-order valence-corrected chi connectivity index (χ0v) is 15.0. The second-order valence-electron chi connectivity index (χ2n) is 5.84. The van der Waals surface area contributed by atoms with Crippen molar-refractivity contribution in [1.29, 1.82) is 0 Å². The number of rotatable bonds is 7. The summed E-state index contributed by atoms with van der Waals surface area (Å²) in [7, 11) is 1.71. The van der Waals surface area contributed by atoms with Crippen molar-refractivity contribution in [1.82, 2.24) is 20.9 Å². The van der Waals surface area contributed by atoms with Gasteiger partial charge in [-0.25, -0.2) is 4.98 Å². The zero-order valence-electron chi connectivity index (χ0n) is 14.2. The van der Waals surface area contributed by atoms with E-state index in [2.05, 4.69) is 25.9 Å². The molecule has 0 aliphatic heterocycles. The number of guanidine groups is 1. The van der Waals surface area contributed by atoms with Crippen LogP contribution in [0.3, 0.4) is 0 Å². The Morgan fingerprint density at radius 1 is 1.30 bits per heavy atom. The Hall–Kier alpha value is -1.82. The maximum atomic E-state index is 12.0. The summed E-state index contributed by atoms with van der Waals surface area (Å²) in [5.41, 5.74) is 0.591. The molecule has 0 aliphatic carbocycles. The normalized spacial score (nSPS) is 12.0. The molecule has 1 aromatic heterocycles. The van der Waals surface area contributed by atoms with E-state index in [1.807, 2.05) is 26.8 Å². The minimum atomic E-state index is -0.506. The topological polar surface area (TPSA) is 78.4 Å². The lowest BCUT2D eigenvalue weighted by atomic mass is 9.92. The standard InChI is InChI=1S/C16H26ClN5O/c1-5-19-14(23)16(2,3)11-22-15(18-4)20-9-8-12-6-7-13(17)21-10-12/h6-7,10H,5,8-9,11H2,1-4H3,(H,19,23)(H2,18,20,22). The fourth-order valence-corrected chi connectivity index (χ4v) is 2.00. The van der Waals surface area contributed by atoms with Gasteiger partial charge in [0.25, 0.3) is 0 Å². The van der Waals surface area contributed by atoms with Gasteiger partial charge in [0.05, 0.1) is 5.41 Å². The zero-order chi connectivity index (χ0) is 17.3. The van der Waals surface area contributed by atoms with Gasteiger partial charge < -0.3 is 16.0 Å². The molecule has 128 valence electrons. The number of nitrogens with one attached hydrogen (secondary N) is 3. The molecule has 0 spiro atoms. The summed E-state index contributed by atoms with van der Waals surface area (Å²) in [6.45, 7) is 7.55. The van der Waals surface area contributed by atoms with Crippen molar-refractivity contribution in [3.63, 3.8) is 0 Å². The Balaban J connectivity index is 2.40. The van der Waals surface area contributed by atoms with E-state index in [-0.39, 0.29) is 5.91 Å². The van der Waals surface area contributed by atoms with E-state index >= 15 is 0 Å². The number of aromatic nitrogens is 1. The van der Waals surface area contributed by atoms with Crippen molar-refractivity contribution in [2.75, 3.05) is 26.7 Å². The minimum absolute atomic E-state index is 0.0233. The lowest BCUT2D eigenvalue weighted by Crippen LogP contribution is -2.48. The third-order valence-corrected chi connectivity index (χ3v) is 3.59. The van der Waals surface area contributed by atoms with E-state index in [1.165, 1.54) is 0 Å². The van der Waals surface area contributed by atoms with E-state index < -0.39 is 5.41 Å². The fraction of sp³-hybridized carbons (Fsp3) is 0.562. The highest BCUT2D eigenvalue weighted by molar-refractivity contribution is 6.29. The van der Waals surface area contributed by atoms with Crippen molar-refractivity contribution in [3.05, 3.63) is 29.0 Å². The summed E-state index contributed by atoms with van der Waals surface area (Å²) >= 11 is 5.76. The summed E-state index contributed by atoms with van der Waals surface area (Å²) in [4.78, 5) is 20.2. The van der Waals surface area contributed by atoms with Gasteiger partial charge in [-0.15, -0.1) is 0 Å². The van der Waals surface area contributed by atoms with Gasteiger partial charge in [-0.2, -0.15) is 0 Å². The molecule has 0 bridgehead atoms.